The molecule has 1 nitrogen and oxygen atoms in total. The quantitative estimate of drug-likeness (QED) is 0.890. The van der Waals surface area contributed by atoms with Crippen molar-refractivity contribution < 1.29 is 0 Å². The van der Waals surface area contributed by atoms with Gasteiger partial charge < -0.3 is 5.32 Å². The van der Waals surface area contributed by atoms with Gasteiger partial charge in [0.15, 0.2) is 0 Å². The van der Waals surface area contributed by atoms with Crippen LogP contribution in [0.15, 0.2) is 17.5 Å². The van der Waals surface area contributed by atoms with Crippen molar-refractivity contribution in [3.05, 3.63) is 22.4 Å². The topological polar surface area (TPSA) is 12.0 Å². The molecule has 0 aromatic carbocycles. The highest BCUT2D eigenvalue weighted by Crippen LogP contribution is 2.34. The van der Waals surface area contributed by atoms with E-state index in [0.717, 1.165) is 10.5 Å². The number of aryl methyl sites for hydroxylation is 1. The van der Waals surface area contributed by atoms with Crippen molar-refractivity contribution in [1.29, 1.82) is 0 Å². The van der Waals surface area contributed by atoms with Gasteiger partial charge in [-0.2, -0.15) is 23.5 Å². The van der Waals surface area contributed by atoms with Gasteiger partial charge in [-0.05, 0) is 31.3 Å². The second kappa shape index (κ2) is 7.07. The molecule has 17 heavy (non-hydrogen) atoms. The van der Waals surface area contributed by atoms with Gasteiger partial charge in [0, 0.05) is 32.9 Å². The van der Waals surface area contributed by atoms with E-state index in [-0.39, 0.29) is 0 Å². The van der Waals surface area contributed by atoms with Gasteiger partial charge in [0.2, 0.25) is 0 Å². The minimum atomic E-state index is 0.657. The molecule has 1 aromatic heterocycles. The Balaban J connectivity index is 1.86. The zero-order chi connectivity index (χ0) is 12.1. The molecule has 0 amide bonds. The van der Waals surface area contributed by atoms with Crippen LogP contribution in [0.1, 0.15) is 18.2 Å². The molecule has 3 unspecified atom stereocenters. The third kappa shape index (κ3) is 3.91. The monoisotopic (exact) mass is 287 g/mol. The van der Waals surface area contributed by atoms with Crippen LogP contribution >= 0.6 is 34.9 Å². The minimum absolute atomic E-state index is 0.657. The smallest absolute Gasteiger partial charge is 0.0317 e. The second-order valence-electron chi connectivity index (χ2n) is 4.42. The van der Waals surface area contributed by atoms with Gasteiger partial charge in [-0.3, -0.25) is 0 Å². The Morgan fingerprint density at radius 2 is 2.24 bits per heavy atom. The summed E-state index contributed by atoms with van der Waals surface area (Å²) in [6.45, 7) is 2.39. The minimum Gasteiger partial charge on any atom is -0.316 e. The standard InChI is InChI=1S/C13H21NS3/c1-10-13(17-9-8-15-10)12(14-2)6-5-11-4-3-7-16-11/h3-4,7,10,12-14H,5-6,8-9H2,1-2H3. The summed E-state index contributed by atoms with van der Waals surface area (Å²) in [7, 11) is 2.12. The molecule has 1 aliphatic rings. The van der Waals surface area contributed by atoms with Crippen molar-refractivity contribution >= 4 is 34.9 Å². The van der Waals surface area contributed by atoms with Crippen molar-refractivity contribution in [2.24, 2.45) is 0 Å². The van der Waals surface area contributed by atoms with Gasteiger partial charge in [-0.25, -0.2) is 0 Å². The Kier molecular flexibility index (Phi) is 5.74. The Hall–Kier alpha value is 0.360. The predicted octanol–water partition coefficient (Wildman–Crippen LogP) is 3.51. The van der Waals surface area contributed by atoms with E-state index in [4.69, 9.17) is 0 Å². The van der Waals surface area contributed by atoms with E-state index in [1.165, 1.54) is 29.2 Å². The van der Waals surface area contributed by atoms with Crippen molar-refractivity contribution in [3.63, 3.8) is 0 Å². The lowest BCUT2D eigenvalue weighted by Crippen LogP contribution is -2.43. The van der Waals surface area contributed by atoms with E-state index in [0.29, 0.717) is 6.04 Å². The van der Waals surface area contributed by atoms with Gasteiger partial charge in [0.05, 0.1) is 0 Å². The summed E-state index contributed by atoms with van der Waals surface area (Å²) in [5.74, 6) is 2.64. The summed E-state index contributed by atoms with van der Waals surface area (Å²) in [5, 5.41) is 7.28. The molecule has 3 atom stereocenters. The lowest BCUT2D eigenvalue weighted by Gasteiger charge is -2.34. The lowest BCUT2D eigenvalue weighted by molar-refractivity contribution is 0.500. The van der Waals surface area contributed by atoms with Gasteiger partial charge in [-0.15, -0.1) is 11.3 Å². The Morgan fingerprint density at radius 3 is 2.88 bits per heavy atom. The molecule has 1 aromatic rings. The number of hydrogen-bond donors (Lipinski definition) is 1. The highest BCUT2D eigenvalue weighted by atomic mass is 32.2. The fourth-order valence-corrected chi connectivity index (χ4v) is 6.08. The SMILES string of the molecule is CNC(CCc1cccs1)C1SCCSC1C. The van der Waals surface area contributed by atoms with Crippen LogP contribution in [0.4, 0.5) is 0 Å². The van der Waals surface area contributed by atoms with Gasteiger partial charge in [0.25, 0.3) is 0 Å². The molecule has 0 spiro atoms. The van der Waals surface area contributed by atoms with Crippen LogP contribution in [0, 0.1) is 0 Å². The molecule has 0 radical (unpaired) electrons. The average molecular weight is 288 g/mol. The van der Waals surface area contributed by atoms with Gasteiger partial charge in [-0.1, -0.05) is 13.0 Å². The highest BCUT2D eigenvalue weighted by molar-refractivity contribution is 8.07. The largest absolute Gasteiger partial charge is 0.316 e. The number of rotatable bonds is 5. The Labute approximate surface area is 117 Å². The van der Waals surface area contributed by atoms with Crippen molar-refractivity contribution in [1.82, 2.24) is 5.32 Å². The first-order valence-electron chi connectivity index (χ1n) is 6.24. The van der Waals surface area contributed by atoms with Crippen LogP contribution in [-0.2, 0) is 6.42 Å². The van der Waals surface area contributed by atoms with Gasteiger partial charge in [0.1, 0.15) is 0 Å². The molecule has 2 heterocycles. The maximum Gasteiger partial charge on any atom is 0.0317 e. The van der Waals surface area contributed by atoms with Crippen LogP contribution < -0.4 is 5.32 Å². The number of thioether (sulfide) groups is 2. The van der Waals surface area contributed by atoms with Crippen molar-refractivity contribution in [2.45, 2.75) is 36.3 Å². The molecule has 96 valence electrons. The van der Waals surface area contributed by atoms with E-state index in [2.05, 4.69) is 60.3 Å². The van der Waals surface area contributed by atoms with Crippen molar-refractivity contribution in [2.75, 3.05) is 18.6 Å². The summed E-state index contributed by atoms with van der Waals surface area (Å²) in [5.41, 5.74) is 0. The second-order valence-corrected chi connectivity index (χ2v) is 8.23. The average Bonchev–Trinajstić information content (AvgIpc) is 2.85. The number of thiophene rings is 1. The van der Waals surface area contributed by atoms with E-state index < -0.39 is 0 Å². The van der Waals surface area contributed by atoms with Crippen LogP contribution in [0.5, 0.6) is 0 Å². The molecule has 1 aliphatic heterocycles. The van der Waals surface area contributed by atoms with Crippen LogP contribution in [0.25, 0.3) is 0 Å². The molecular formula is C13H21NS3. The van der Waals surface area contributed by atoms with Gasteiger partial charge >= 0.3 is 0 Å². The number of nitrogens with one attached hydrogen (secondary N) is 1. The van der Waals surface area contributed by atoms with E-state index in [1.54, 1.807) is 0 Å². The maximum atomic E-state index is 3.54. The molecule has 0 aliphatic carbocycles. The molecular weight excluding hydrogens is 266 g/mol. The zero-order valence-corrected chi connectivity index (χ0v) is 13.0. The molecule has 2 rings (SSSR count). The third-order valence-corrected chi connectivity index (χ3v) is 7.47. The Bertz CT molecular complexity index is 312. The maximum absolute atomic E-state index is 3.54. The molecule has 1 fully saturated rings. The van der Waals surface area contributed by atoms with Crippen LogP contribution in [-0.4, -0.2) is 35.1 Å². The summed E-state index contributed by atoms with van der Waals surface area (Å²) in [4.78, 5) is 1.52. The highest BCUT2D eigenvalue weighted by Gasteiger charge is 2.29. The Morgan fingerprint density at radius 1 is 1.41 bits per heavy atom. The van der Waals surface area contributed by atoms with Crippen molar-refractivity contribution in [3.8, 4) is 0 Å². The fourth-order valence-electron chi connectivity index (χ4n) is 2.32. The fraction of sp³-hybridized carbons (Fsp3) is 0.692. The van der Waals surface area contributed by atoms with E-state index in [1.807, 2.05) is 11.3 Å². The van der Waals surface area contributed by atoms with Crippen LogP contribution in [0.2, 0.25) is 0 Å². The normalized spacial score (nSPS) is 26.9. The van der Waals surface area contributed by atoms with E-state index in [9.17, 15) is 0 Å². The first kappa shape index (κ1) is 13.8. The first-order valence-corrected chi connectivity index (χ1v) is 9.22. The molecule has 4 heteroatoms. The molecule has 1 N–H and O–H groups in total. The summed E-state index contributed by atoms with van der Waals surface area (Å²) in [6, 6.07) is 5.07. The lowest BCUT2D eigenvalue weighted by atomic mass is 10.1. The predicted molar refractivity (Wildman–Crippen MR) is 83.7 cm³/mol. The first-order chi connectivity index (χ1) is 8.31. The summed E-state index contributed by atoms with van der Waals surface area (Å²) in [6.07, 6.45) is 2.48. The summed E-state index contributed by atoms with van der Waals surface area (Å²) < 4.78 is 0. The zero-order valence-electron chi connectivity index (χ0n) is 10.5. The molecule has 0 bridgehead atoms. The molecule has 0 saturated carbocycles. The number of hydrogen-bond acceptors (Lipinski definition) is 4. The van der Waals surface area contributed by atoms with Crippen LogP contribution in [0.3, 0.4) is 0 Å². The molecule has 1 saturated heterocycles. The van der Waals surface area contributed by atoms with E-state index >= 15 is 0 Å². The summed E-state index contributed by atoms with van der Waals surface area (Å²) >= 11 is 6.18. The third-order valence-electron chi connectivity index (χ3n) is 3.29.